The van der Waals surface area contributed by atoms with Crippen molar-refractivity contribution in [1.82, 2.24) is 9.55 Å². The normalized spacial score (nSPS) is 10.9. The van der Waals surface area contributed by atoms with E-state index in [1.165, 1.54) is 0 Å². The van der Waals surface area contributed by atoms with Crippen molar-refractivity contribution in [3.05, 3.63) is 52.8 Å². The van der Waals surface area contributed by atoms with Crippen molar-refractivity contribution in [2.75, 3.05) is 20.0 Å². The number of nitrogens with zero attached hydrogens (tertiary/aromatic N) is 2. The molecule has 0 bridgehead atoms. The summed E-state index contributed by atoms with van der Waals surface area (Å²) in [6.07, 6.45) is 2.17. The average molecular weight is 370 g/mol. The fourth-order valence-electron chi connectivity index (χ4n) is 2.71. The first kappa shape index (κ1) is 18.3. The van der Waals surface area contributed by atoms with Gasteiger partial charge >= 0.3 is 0 Å². The molecule has 5 nitrogen and oxygen atoms in total. The lowest BCUT2D eigenvalue weighted by Crippen LogP contribution is -2.22. The van der Waals surface area contributed by atoms with E-state index in [4.69, 9.17) is 14.5 Å². The number of methoxy groups -OCH3 is 2. The van der Waals surface area contributed by atoms with Gasteiger partial charge in [0, 0.05) is 11.8 Å². The lowest BCUT2D eigenvalue weighted by Gasteiger charge is -2.15. The van der Waals surface area contributed by atoms with Gasteiger partial charge in [0.25, 0.3) is 5.56 Å². The predicted octanol–water partition coefficient (Wildman–Crippen LogP) is 4.30. The number of thioether (sulfide) groups is 1. The Kier molecular flexibility index (Phi) is 5.83. The fourth-order valence-corrected chi connectivity index (χ4v) is 3.80. The summed E-state index contributed by atoms with van der Waals surface area (Å²) in [6, 6.07) is 12.9. The molecule has 3 aromatic rings. The van der Waals surface area contributed by atoms with Gasteiger partial charge in [0.2, 0.25) is 0 Å². The van der Waals surface area contributed by atoms with Gasteiger partial charge in [0.05, 0.1) is 30.8 Å². The van der Waals surface area contributed by atoms with E-state index >= 15 is 0 Å². The molecular weight excluding hydrogens is 348 g/mol. The molecule has 0 saturated carbocycles. The summed E-state index contributed by atoms with van der Waals surface area (Å²) in [5.74, 6) is 2.11. The summed E-state index contributed by atoms with van der Waals surface area (Å²) in [6.45, 7) is 2.15. The largest absolute Gasteiger partial charge is 0.493 e. The predicted molar refractivity (Wildman–Crippen MR) is 106 cm³/mol. The molecule has 3 rings (SSSR count). The van der Waals surface area contributed by atoms with Crippen LogP contribution in [0, 0.1) is 0 Å². The van der Waals surface area contributed by atoms with Gasteiger partial charge in [0.1, 0.15) is 0 Å². The number of ether oxygens (including phenoxy) is 2. The van der Waals surface area contributed by atoms with E-state index in [0.717, 1.165) is 18.6 Å². The number of unbranched alkanes of at least 4 members (excludes halogenated alkanes) is 1. The Hall–Kier alpha value is -2.47. The van der Waals surface area contributed by atoms with Crippen molar-refractivity contribution in [2.24, 2.45) is 0 Å². The molecule has 0 saturated heterocycles. The van der Waals surface area contributed by atoms with E-state index in [9.17, 15) is 4.79 Å². The first-order valence-corrected chi connectivity index (χ1v) is 9.55. The zero-order valence-corrected chi connectivity index (χ0v) is 16.0. The second kappa shape index (κ2) is 8.27. The molecule has 136 valence electrons. The van der Waals surface area contributed by atoms with Gasteiger partial charge in [-0.3, -0.25) is 9.36 Å². The Morgan fingerprint density at radius 1 is 1.08 bits per heavy atom. The van der Waals surface area contributed by atoms with Crippen molar-refractivity contribution in [1.29, 1.82) is 0 Å². The summed E-state index contributed by atoms with van der Waals surface area (Å²) < 4.78 is 12.4. The molecule has 0 aliphatic rings. The molecule has 0 aliphatic carbocycles. The van der Waals surface area contributed by atoms with Gasteiger partial charge in [-0.05, 0) is 30.7 Å². The number of aromatic nitrogens is 2. The van der Waals surface area contributed by atoms with Crippen LogP contribution in [0.15, 0.2) is 52.4 Å². The Morgan fingerprint density at radius 3 is 2.58 bits per heavy atom. The van der Waals surface area contributed by atoms with Gasteiger partial charge in [-0.15, -0.1) is 0 Å². The zero-order valence-electron chi connectivity index (χ0n) is 15.2. The molecule has 0 amide bonds. The molecule has 0 spiro atoms. The van der Waals surface area contributed by atoms with Crippen molar-refractivity contribution < 1.29 is 9.47 Å². The maximum Gasteiger partial charge on any atom is 0.266 e. The Morgan fingerprint density at radius 2 is 1.85 bits per heavy atom. The highest BCUT2D eigenvalue weighted by Crippen LogP contribution is 2.30. The van der Waals surface area contributed by atoms with Crippen LogP contribution in [0.2, 0.25) is 0 Å². The minimum absolute atomic E-state index is 0.0816. The van der Waals surface area contributed by atoms with E-state index in [1.54, 1.807) is 42.7 Å². The van der Waals surface area contributed by atoms with Gasteiger partial charge in [-0.2, -0.15) is 0 Å². The summed E-state index contributed by atoms with van der Waals surface area (Å²) in [5, 5.41) is 1.29. The van der Waals surface area contributed by atoms with Crippen molar-refractivity contribution >= 4 is 22.7 Å². The number of rotatable bonds is 7. The van der Waals surface area contributed by atoms with Crippen LogP contribution in [0.25, 0.3) is 16.6 Å². The topological polar surface area (TPSA) is 53.4 Å². The van der Waals surface area contributed by atoms with Gasteiger partial charge in [-0.1, -0.05) is 37.2 Å². The van der Waals surface area contributed by atoms with Crippen LogP contribution in [0.1, 0.15) is 19.8 Å². The average Bonchev–Trinajstić information content (AvgIpc) is 2.68. The summed E-state index contributed by atoms with van der Waals surface area (Å²) >= 11 is 1.60. The number of hydrogen-bond donors (Lipinski definition) is 0. The van der Waals surface area contributed by atoms with E-state index in [-0.39, 0.29) is 5.56 Å². The SMILES string of the molecule is CCCCSc1nc2ccccc2c(=O)n1-c1ccc(OC)c(OC)c1. The molecule has 1 aromatic heterocycles. The number of fused-ring (bicyclic) bond motifs is 1. The summed E-state index contributed by atoms with van der Waals surface area (Å²) in [5.41, 5.74) is 1.35. The molecule has 26 heavy (non-hydrogen) atoms. The minimum atomic E-state index is -0.0816. The van der Waals surface area contributed by atoms with Crippen molar-refractivity contribution in [3.63, 3.8) is 0 Å². The summed E-state index contributed by atoms with van der Waals surface area (Å²) in [7, 11) is 3.17. The van der Waals surface area contributed by atoms with E-state index in [2.05, 4.69) is 6.92 Å². The highest BCUT2D eigenvalue weighted by atomic mass is 32.2. The number of hydrogen-bond acceptors (Lipinski definition) is 5. The third kappa shape index (κ3) is 3.55. The second-order valence-corrected chi connectivity index (χ2v) is 6.86. The van der Waals surface area contributed by atoms with Crippen LogP contribution in [0.4, 0.5) is 0 Å². The van der Waals surface area contributed by atoms with Crippen molar-refractivity contribution in [2.45, 2.75) is 24.9 Å². The molecule has 2 aromatic carbocycles. The maximum absolute atomic E-state index is 13.2. The molecule has 0 atom stereocenters. The summed E-state index contributed by atoms with van der Waals surface area (Å²) in [4.78, 5) is 17.9. The van der Waals surface area contributed by atoms with Crippen LogP contribution >= 0.6 is 11.8 Å². The quantitative estimate of drug-likeness (QED) is 0.353. The lowest BCUT2D eigenvalue weighted by molar-refractivity contribution is 0.354. The molecular formula is C20H22N2O3S. The molecule has 0 unspecified atom stereocenters. The standard InChI is InChI=1S/C20H22N2O3S/c1-4-5-12-26-20-21-16-9-7-6-8-15(16)19(23)22(20)14-10-11-17(24-2)18(13-14)25-3/h6-11,13H,4-5,12H2,1-3H3. The zero-order chi connectivity index (χ0) is 18.5. The van der Waals surface area contributed by atoms with Gasteiger partial charge in [0.15, 0.2) is 16.7 Å². The second-order valence-electron chi connectivity index (χ2n) is 5.79. The van der Waals surface area contributed by atoms with Crippen molar-refractivity contribution in [3.8, 4) is 17.2 Å². The van der Waals surface area contributed by atoms with Gasteiger partial charge < -0.3 is 9.47 Å². The Labute approximate surface area is 157 Å². The Balaban J connectivity index is 2.20. The van der Waals surface area contributed by atoms with Crippen LogP contribution < -0.4 is 15.0 Å². The van der Waals surface area contributed by atoms with Crippen LogP contribution in [0.5, 0.6) is 11.5 Å². The minimum Gasteiger partial charge on any atom is -0.493 e. The highest BCUT2D eigenvalue weighted by molar-refractivity contribution is 7.99. The number of para-hydroxylation sites is 1. The molecule has 0 fully saturated rings. The first-order valence-electron chi connectivity index (χ1n) is 8.56. The molecule has 0 aliphatic heterocycles. The first-order chi connectivity index (χ1) is 12.7. The van der Waals surface area contributed by atoms with Crippen LogP contribution in [-0.2, 0) is 0 Å². The van der Waals surface area contributed by atoms with Gasteiger partial charge in [-0.25, -0.2) is 4.98 Å². The highest BCUT2D eigenvalue weighted by Gasteiger charge is 2.15. The lowest BCUT2D eigenvalue weighted by atomic mass is 10.2. The smallest absolute Gasteiger partial charge is 0.266 e. The molecule has 0 N–H and O–H groups in total. The third-order valence-corrected chi connectivity index (χ3v) is 5.12. The third-order valence-electron chi connectivity index (χ3n) is 4.10. The van der Waals surface area contributed by atoms with E-state index in [0.29, 0.717) is 33.2 Å². The fraction of sp³-hybridized carbons (Fsp3) is 0.300. The molecule has 0 radical (unpaired) electrons. The van der Waals surface area contributed by atoms with Crippen LogP contribution in [-0.4, -0.2) is 29.5 Å². The maximum atomic E-state index is 13.2. The monoisotopic (exact) mass is 370 g/mol. The Bertz CT molecular complexity index is 969. The van der Waals surface area contributed by atoms with Crippen LogP contribution in [0.3, 0.4) is 0 Å². The molecule has 6 heteroatoms. The van der Waals surface area contributed by atoms with E-state index < -0.39 is 0 Å². The molecule has 1 heterocycles. The van der Waals surface area contributed by atoms with E-state index in [1.807, 2.05) is 30.3 Å². The number of benzene rings is 2.